The molecule has 0 radical (unpaired) electrons. The zero-order valence-corrected chi connectivity index (χ0v) is 18.0. The molecule has 176 valence electrons. The monoisotopic (exact) mass is 455 g/mol. The molecule has 10 heteroatoms. The van der Waals surface area contributed by atoms with Gasteiger partial charge in [-0.05, 0) is 37.5 Å². The van der Waals surface area contributed by atoms with Crippen LogP contribution in [0.25, 0.3) is 11.4 Å². The zero-order valence-electron chi connectivity index (χ0n) is 18.0. The van der Waals surface area contributed by atoms with E-state index in [4.69, 9.17) is 9.26 Å². The van der Waals surface area contributed by atoms with Crippen molar-refractivity contribution in [1.82, 2.24) is 15.0 Å². The van der Waals surface area contributed by atoms with Crippen LogP contribution in [0.15, 0.2) is 22.7 Å². The quantitative estimate of drug-likeness (QED) is 0.422. The zero-order chi connectivity index (χ0) is 23.1. The van der Waals surface area contributed by atoms with Gasteiger partial charge in [0, 0.05) is 12.1 Å². The molecule has 1 fully saturated rings. The van der Waals surface area contributed by atoms with Crippen LogP contribution in [0, 0.1) is 0 Å². The molecule has 1 aromatic carbocycles. The summed E-state index contributed by atoms with van der Waals surface area (Å²) in [5.41, 5.74) is -0.778. The van der Waals surface area contributed by atoms with Crippen LogP contribution in [0.4, 0.5) is 18.0 Å². The predicted octanol–water partition coefficient (Wildman–Crippen LogP) is 6.31. The van der Waals surface area contributed by atoms with Gasteiger partial charge in [-0.2, -0.15) is 18.2 Å². The van der Waals surface area contributed by atoms with Gasteiger partial charge in [0.05, 0.1) is 12.2 Å². The molecule has 1 aromatic heterocycles. The Morgan fingerprint density at radius 3 is 2.72 bits per heavy atom. The molecule has 1 unspecified atom stereocenters. The lowest BCUT2D eigenvalue weighted by atomic mass is 10.1. The number of carboxylic acid groups (broad SMARTS) is 1. The van der Waals surface area contributed by atoms with Crippen LogP contribution in [0.5, 0.6) is 5.75 Å². The number of halogens is 3. The van der Waals surface area contributed by atoms with Crippen molar-refractivity contribution in [2.75, 3.05) is 13.2 Å². The van der Waals surface area contributed by atoms with Gasteiger partial charge < -0.3 is 14.4 Å². The largest absolute Gasteiger partial charge is 0.493 e. The third-order valence-corrected chi connectivity index (χ3v) is 5.52. The number of alkyl halides is 3. The summed E-state index contributed by atoms with van der Waals surface area (Å²) < 4.78 is 51.5. The van der Waals surface area contributed by atoms with Crippen molar-refractivity contribution in [2.24, 2.45) is 0 Å². The predicted molar refractivity (Wildman–Crippen MR) is 110 cm³/mol. The van der Waals surface area contributed by atoms with Gasteiger partial charge in [-0.3, -0.25) is 4.90 Å². The number of aromatic nitrogens is 2. The first-order valence-corrected chi connectivity index (χ1v) is 11.0. The van der Waals surface area contributed by atoms with Crippen LogP contribution >= 0.6 is 0 Å². The molecule has 1 N–H and O–H groups in total. The second-order valence-electron chi connectivity index (χ2n) is 7.92. The van der Waals surface area contributed by atoms with Gasteiger partial charge in [0.15, 0.2) is 0 Å². The smallest absolute Gasteiger partial charge is 0.419 e. The van der Waals surface area contributed by atoms with Crippen molar-refractivity contribution in [3.05, 3.63) is 29.7 Å². The van der Waals surface area contributed by atoms with Crippen molar-refractivity contribution in [2.45, 2.75) is 70.5 Å². The Bertz CT molecular complexity index is 901. The number of carbonyl (C=O) groups is 1. The SMILES string of the molecule is CCCCCCCCOc1ccc(-c2noc(C3CCCN3C(=O)O)n2)cc1C(F)(F)F. The first-order chi connectivity index (χ1) is 15.3. The molecule has 0 spiro atoms. The Hall–Kier alpha value is -2.78. The van der Waals surface area contributed by atoms with E-state index in [1.54, 1.807) is 0 Å². The molecule has 7 nitrogen and oxygen atoms in total. The van der Waals surface area contributed by atoms with E-state index in [0.717, 1.165) is 38.2 Å². The van der Waals surface area contributed by atoms with Gasteiger partial charge in [-0.1, -0.05) is 44.2 Å². The Kier molecular flexibility index (Phi) is 7.98. The van der Waals surface area contributed by atoms with Crippen LogP contribution in [-0.2, 0) is 6.18 Å². The van der Waals surface area contributed by atoms with E-state index in [-0.39, 0.29) is 29.6 Å². The minimum Gasteiger partial charge on any atom is -0.493 e. The average molecular weight is 455 g/mol. The van der Waals surface area contributed by atoms with E-state index >= 15 is 0 Å². The maximum Gasteiger partial charge on any atom is 0.419 e. The van der Waals surface area contributed by atoms with Crippen LogP contribution in [0.1, 0.15) is 75.8 Å². The summed E-state index contributed by atoms with van der Waals surface area (Å²) in [7, 11) is 0. The molecule has 3 rings (SSSR count). The molecule has 1 saturated heterocycles. The fraction of sp³-hybridized carbons (Fsp3) is 0.591. The number of rotatable bonds is 10. The molecule has 1 atom stereocenters. The molecule has 0 aliphatic carbocycles. The number of ether oxygens (including phenoxy) is 1. The van der Waals surface area contributed by atoms with Crippen molar-refractivity contribution in [3.8, 4) is 17.1 Å². The highest BCUT2D eigenvalue weighted by molar-refractivity contribution is 5.66. The highest BCUT2D eigenvalue weighted by Gasteiger charge is 2.36. The Morgan fingerprint density at radius 2 is 2.00 bits per heavy atom. The molecule has 2 aromatic rings. The average Bonchev–Trinajstić information content (AvgIpc) is 3.42. The summed E-state index contributed by atoms with van der Waals surface area (Å²) in [6.07, 6.45) is 1.54. The second kappa shape index (κ2) is 10.7. The molecular weight excluding hydrogens is 427 g/mol. The van der Waals surface area contributed by atoms with Crippen LogP contribution < -0.4 is 4.74 Å². The minimum absolute atomic E-state index is 0.0230. The van der Waals surface area contributed by atoms with Crippen molar-refractivity contribution >= 4 is 6.09 Å². The summed E-state index contributed by atoms with van der Waals surface area (Å²) in [6, 6.07) is 3.07. The third kappa shape index (κ3) is 5.92. The molecule has 1 aliphatic rings. The van der Waals surface area contributed by atoms with Crippen molar-refractivity contribution in [1.29, 1.82) is 0 Å². The number of amides is 1. The molecule has 0 bridgehead atoms. The van der Waals surface area contributed by atoms with Gasteiger partial charge in [0.1, 0.15) is 11.8 Å². The molecule has 0 saturated carbocycles. The van der Waals surface area contributed by atoms with Crippen LogP contribution in [-0.4, -0.2) is 39.4 Å². The highest BCUT2D eigenvalue weighted by atomic mass is 19.4. The van der Waals surface area contributed by atoms with Crippen molar-refractivity contribution in [3.63, 3.8) is 0 Å². The fourth-order valence-corrected chi connectivity index (χ4v) is 3.82. The molecular formula is C22H28F3N3O4. The lowest BCUT2D eigenvalue weighted by Gasteiger charge is -2.17. The van der Waals surface area contributed by atoms with Gasteiger partial charge >= 0.3 is 12.3 Å². The maximum atomic E-state index is 13.6. The van der Waals surface area contributed by atoms with Gasteiger partial charge in [-0.25, -0.2) is 4.79 Å². The van der Waals surface area contributed by atoms with Gasteiger partial charge in [-0.15, -0.1) is 0 Å². The highest BCUT2D eigenvalue weighted by Crippen LogP contribution is 2.39. The van der Waals surface area contributed by atoms with Crippen LogP contribution in [0.2, 0.25) is 0 Å². The normalized spacial score (nSPS) is 16.5. The van der Waals surface area contributed by atoms with Crippen molar-refractivity contribution < 1.29 is 32.3 Å². The number of likely N-dealkylation sites (tertiary alicyclic amines) is 1. The van der Waals surface area contributed by atoms with Gasteiger partial charge in [0.2, 0.25) is 11.7 Å². The van der Waals surface area contributed by atoms with E-state index in [9.17, 15) is 23.1 Å². The Morgan fingerprint density at radius 1 is 1.25 bits per heavy atom. The maximum absolute atomic E-state index is 13.6. The summed E-state index contributed by atoms with van der Waals surface area (Å²) in [4.78, 5) is 16.7. The van der Waals surface area contributed by atoms with Gasteiger partial charge in [0.25, 0.3) is 0 Å². The Labute approximate surface area is 184 Å². The standard InChI is InChI=1S/C22H28F3N3O4/c1-2-3-4-5-6-7-13-31-18-11-10-15(14-16(18)22(23,24)25)19-26-20(32-27-19)17-9-8-12-28(17)21(29)30/h10-11,14,17H,2-9,12-13H2,1H3,(H,29,30). The van der Waals surface area contributed by atoms with E-state index in [1.165, 1.54) is 17.0 Å². The third-order valence-electron chi connectivity index (χ3n) is 5.52. The number of hydrogen-bond acceptors (Lipinski definition) is 5. The summed E-state index contributed by atoms with van der Waals surface area (Å²) in [5.74, 6) is -0.173. The van der Waals surface area contributed by atoms with E-state index < -0.39 is 23.9 Å². The summed E-state index contributed by atoms with van der Waals surface area (Å²) in [5, 5.41) is 13.0. The second-order valence-corrected chi connectivity index (χ2v) is 7.92. The summed E-state index contributed by atoms with van der Waals surface area (Å²) in [6.45, 7) is 2.69. The lowest BCUT2D eigenvalue weighted by Crippen LogP contribution is -2.28. The number of benzene rings is 1. The minimum atomic E-state index is -4.61. The first kappa shape index (κ1) is 23.9. The first-order valence-electron chi connectivity index (χ1n) is 11.0. The fourth-order valence-electron chi connectivity index (χ4n) is 3.82. The Balaban J connectivity index is 1.71. The molecule has 1 amide bonds. The van der Waals surface area contributed by atoms with E-state index in [2.05, 4.69) is 17.1 Å². The topological polar surface area (TPSA) is 88.7 Å². The number of unbranched alkanes of at least 4 members (excludes halogenated alkanes) is 5. The number of nitrogens with zero attached hydrogens (tertiary/aromatic N) is 3. The molecule has 1 aliphatic heterocycles. The van der Waals surface area contributed by atoms with Crippen LogP contribution in [0.3, 0.4) is 0 Å². The van der Waals surface area contributed by atoms with E-state index in [1.807, 2.05) is 0 Å². The van der Waals surface area contributed by atoms with E-state index in [0.29, 0.717) is 25.8 Å². The lowest BCUT2D eigenvalue weighted by molar-refractivity contribution is -0.138. The molecule has 32 heavy (non-hydrogen) atoms. The summed E-state index contributed by atoms with van der Waals surface area (Å²) >= 11 is 0. The molecule has 2 heterocycles. The number of hydrogen-bond donors (Lipinski definition) is 1.